The fourth-order valence-corrected chi connectivity index (χ4v) is 1.31. The lowest BCUT2D eigenvalue weighted by Gasteiger charge is -2.10. The van der Waals surface area contributed by atoms with Crippen LogP contribution in [0.4, 0.5) is 8.78 Å². The molecule has 0 saturated carbocycles. The number of allylic oxidation sites excluding steroid dienone is 1. The maximum atomic E-state index is 12.9. The predicted molar refractivity (Wildman–Crippen MR) is 57.3 cm³/mol. The number of rotatable bonds is 4. The zero-order chi connectivity index (χ0) is 12.2. The van der Waals surface area contributed by atoms with Crippen molar-refractivity contribution in [3.8, 4) is 0 Å². The Morgan fingerprint density at radius 2 is 1.94 bits per heavy atom. The molecule has 86 valence electrons. The van der Waals surface area contributed by atoms with Gasteiger partial charge in [-0.3, -0.25) is 0 Å². The molecule has 0 heterocycles. The molecule has 4 heteroatoms. The molecule has 0 aliphatic heterocycles. The molecule has 1 aromatic carbocycles. The Hall–Kier alpha value is -1.71. The number of carbonyl (C=O) groups is 1. The molecule has 0 spiro atoms. The zero-order valence-corrected chi connectivity index (χ0v) is 8.78. The van der Waals surface area contributed by atoms with Gasteiger partial charge in [-0.15, -0.1) is 0 Å². The van der Waals surface area contributed by atoms with Gasteiger partial charge in [0, 0.05) is 6.42 Å². The van der Waals surface area contributed by atoms with Gasteiger partial charge in [0.05, 0.1) is 0 Å². The van der Waals surface area contributed by atoms with Crippen LogP contribution in [0, 0.1) is 0 Å². The highest BCUT2D eigenvalue weighted by Gasteiger charge is 2.38. The summed E-state index contributed by atoms with van der Waals surface area (Å²) in [6, 6.07) is 8.92. The van der Waals surface area contributed by atoms with E-state index in [1.54, 1.807) is 30.3 Å². The first-order valence-corrected chi connectivity index (χ1v) is 4.75. The average molecular weight is 226 g/mol. The Labute approximate surface area is 92.2 Å². The summed E-state index contributed by atoms with van der Waals surface area (Å²) in [6.45, 7) is 1.49. The van der Waals surface area contributed by atoms with Crippen LogP contribution in [-0.2, 0) is 4.79 Å². The first-order valence-electron chi connectivity index (χ1n) is 4.75. The first-order chi connectivity index (χ1) is 7.42. The fourth-order valence-electron chi connectivity index (χ4n) is 1.31. The largest absolute Gasteiger partial charge is 0.477 e. The molecule has 0 aliphatic rings. The quantitative estimate of drug-likeness (QED) is 0.855. The van der Waals surface area contributed by atoms with E-state index in [0.29, 0.717) is 5.57 Å². The molecule has 1 aromatic rings. The van der Waals surface area contributed by atoms with Gasteiger partial charge in [0.2, 0.25) is 0 Å². The molecule has 0 bridgehead atoms. The van der Waals surface area contributed by atoms with E-state index < -0.39 is 18.3 Å². The number of carboxylic acid groups (broad SMARTS) is 1. The van der Waals surface area contributed by atoms with Crippen molar-refractivity contribution >= 4 is 12.0 Å². The lowest BCUT2D eigenvalue weighted by molar-refractivity contribution is -0.164. The van der Waals surface area contributed by atoms with Gasteiger partial charge < -0.3 is 5.11 Å². The van der Waals surface area contributed by atoms with E-state index in [0.717, 1.165) is 5.56 Å². The number of benzene rings is 1. The Morgan fingerprint density at radius 1 is 1.38 bits per heavy atom. The van der Waals surface area contributed by atoms with Crippen LogP contribution in [0.3, 0.4) is 0 Å². The normalized spacial score (nSPS) is 12.6. The zero-order valence-electron chi connectivity index (χ0n) is 8.78. The average Bonchev–Trinajstić information content (AvgIpc) is 2.17. The van der Waals surface area contributed by atoms with Gasteiger partial charge in [0.1, 0.15) is 0 Å². The minimum Gasteiger partial charge on any atom is -0.477 e. The van der Waals surface area contributed by atoms with Crippen LogP contribution < -0.4 is 0 Å². The SMILES string of the molecule is C/C(=C\c1ccccc1)CC(F)(F)C(=O)O. The highest BCUT2D eigenvalue weighted by molar-refractivity contribution is 5.76. The molecular formula is C12H12F2O2. The lowest BCUT2D eigenvalue weighted by Crippen LogP contribution is -2.28. The van der Waals surface area contributed by atoms with Crippen LogP contribution in [0.25, 0.3) is 6.08 Å². The van der Waals surface area contributed by atoms with E-state index in [2.05, 4.69) is 0 Å². The Morgan fingerprint density at radius 3 is 2.44 bits per heavy atom. The summed E-state index contributed by atoms with van der Waals surface area (Å²) >= 11 is 0. The maximum Gasteiger partial charge on any atom is 0.374 e. The van der Waals surface area contributed by atoms with Crippen molar-refractivity contribution in [1.82, 2.24) is 0 Å². The number of hydrogen-bond donors (Lipinski definition) is 1. The maximum absolute atomic E-state index is 12.9. The van der Waals surface area contributed by atoms with E-state index in [-0.39, 0.29) is 0 Å². The summed E-state index contributed by atoms with van der Waals surface area (Å²) in [7, 11) is 0. The van der Waals surface area contributed by atoms with Crippen LogP contribution in [0.15, 0.2) is 35.9 Å². The third-order valence-corrected chi connectivity index (χ3v) is 2.03. The van der Waals surface area contributed by atoms with Crippen molar-refractivity contribution in [1.29, 1.82) is 0 Å². The summed E-state index contributed by atoms with van der Waals surface area (Å²) in [5, 5.41) is 8.28. The van der Waals surface area contributed by atoms with Crippen LogP contribution >= 0.6 is 0 Å². The van der Waals surface area contributed by atoms with Crippen molar-refractivity contribution in [3.63, 3.8) is 0 Å². The monoisotopic (exact) mass is 226 g/mol. The molecular weight excluding hydrogens is 214 g/mol. The topological polar surface area (TPSA) is 37.3 Å². The predicted octanol–water partition coefficient (Wildman–Crippen LogP) is 3.20. The van der Waals surface area contributed by atoms with E-state index in [4.69, 9.17) is 5.11 Å². The highest BCUT2D eigenvalue weighted by atomic mass is 19.3. The summed E-state index contributed by atoms with van der Waals surface area (Å²) in [5.41, 5.74) is 1.11. The summed E-state index contributed by atoms with van der Waals surface area (Å²) in [4.78, 5) is 10.2. The van der Waals surface area contributed by atoms with Gasteiger partial charge in [-0.2, -0.15) is 8.78 Å². The van der Waals surface area contributed by atoms with E-state index >= 15 is 0 Å². The molecule has 0 fully saturated rings. The summed E-state index contributed by atoms with van der Waals surface area (Å²) in [6.07, 6.45) is 0.786. The standard InChI is InChI=1S/C12H12F2O2/c1-9(8-12(13,14)11(15)16)7-10-5-3-2-4-6-10/h2-7H,8H2,1H3,(H,15,16)/b9-7+. The second kappa shape index (κ2) is 4.88. The Kier molecular flexibility index (Phi) is 3.77. The van der Waals surface area contributed by atoms with E-state index in [1.165, 1.54) is 6.92 Å². The second-order valence-electron chi connectivity index (χ2n) is 3.59. The van der Waals surface area contributed by atoms with Crippen LogP contribution in [0.5, 0.6) is 0 Å². The molecule has 1 rings (SSSR count). The Balaban J connectivity index is 2.77. The van der Waals surface area contributed by atoms with Gasteiger partial charge >= 0.3 is 11.9 Å². The molecule has 0 saturated heterocycles. The van der Waals surface area contributed by atoms with Gasteiger partial charge in [0.25, 0.3) is 0 Å². The van der Waals surface area contributed by atoms with Crippen molar-refractivity contribution in [2.24, 2.45) is 0 Å². The van der Waals surface area contributed by atoms with Gasteiger partial charge in [0.15, 0.2) is 0 Å². The van der Waals surface area contributed by atoms with Crippen molar-refractivity contribution in [3.05, 3.63) is 41.5 Å². The van der Waals surface area contributed by atoms with Crippen LogP contribution in [-0.4, -0.2) is 17.0 Å². The summed E-state index contributed by atoms with van der Waals surface area (Å²) < 4.78 is 25.7. The highest BCUT2D eigenvalue weighted by Crippen LogP contribution is 2.24. The molecule has 0 radical (unpaired) electrons. The molecule has 16 heavy (non-hydrogen) atoms. The molecule has 0 aromatic heterocycles. The van der Waals surface area contributed by atoms with Gasteiger partial charge in [-0.25, -0.2) is 4.79 Å². The number of aliphatic carboxylic acids is 1. The van der Waals surface area contributed by atoms with Gasteiger partial charge in [-0.05, 0) is 12.5 Å². The van der Waals surface area contributed by atoms with Gasteiger partial charge in [-0.1, -0.05) is 42.0 Å². The Bertz CT molecular complexity index is 397. The number of carboxylic acids is 1. The molecule has 0 atom stereocenters. The fraction of sp³-hybridized carbons (Fsp3) is 0.250. The van der Waals surface area contributed by atoms with Crippen molar-refractivity contribution in [2.75, 3.05) is 0 Å². The van der Waals surface area contributed by atoms with E-state index in [9.17, 15) is 13.6 Å². The molecule has 0 aliphatic carbocycles. The molecule has 0 unspecified atom stereocenters. The minimum absolute atomic E-state index is 0.332. The third kappa shape index (κ3) is 3.46. The number of alkyl halides is 2. The van der Waals surface area contributed by atoms with Crippen LogP contribution in [0.2, 0.25) is 0 Å². The lowest BCUT2D eigenvalue weighted by atomic mass is 10.1. The van der Waals surface area contributed by atoms with Crippen molar-refractivity contribution < 1.29 is 18.7 Å². The molecule has 0 amide bonds. The second-order valence-corrected chi connectivity index (χ2v) is 3.59. The smallest absolute Gasteiger partial charge is 0.374 e. The summed E-state index contributed by atoms with van der Waals surface area (Å²) in [5.74, 6) is -5.79. The minimum atomic E-state index is -3.70. The van der Waals surface area contributed by atoms with Crippen molar-refractivity contribution in [2.45, 2.75) is 19.3 Å². The van der Waals surface area contributed by atoms with E-state index in [1.807, 2.05) is 6.07 Å². The number of halogens is 2. The first kappa shape index (κ1) is 12.4. The molecule has 2 nitrogen and oxygen atoms in total. The van der Waals surface area contributed by atoms with Crippen LogP contribution in [0.1, 0.15) is 18.9 Å². The third-order valence-electron chi connectivity index (χ3n) is 2.03. The molecule has 1 N–H and O–H groups in total. The number of hydrogen-bond acceptors (Lipinski definition) is 1.